The van der Waals surface area contributed by atoms with Gasteiger partial charge in [-0.05, 0) is 49.9 Å². The summed E-state index contributed by atoms with van der Waals surface area (Å²) >= 11 is 3.33. The zero-order valence-corrected chi connectivity index (χ0v) is 12.6. The van der Waals surface area contributed by atoms with E-state index < -0.39 is 0 Å². The predicted molar refractivity (Wildman–Crippen MR) is 78.8 cm³/mol. The molecule has 0 saturated heterocycles. The van der Waals surface area contributed by atoms with E-state index >= 15 is 0 Å². The van der Waals surface area contributed by atoms with Crippen LogP contribution in [0.25, 0.3) is 0 Å². The van der Waals surface area contributed by atoms with Crippen LogP contribution in [0.15, 0.2) is 33.8 Å². The molecule has 0 aliphatic carbocycles. The Morgan fingerprint density at radius 2 is 1.94 bits per heavy atom. The molecule has 0 aliphatic heterocycles. The Morgan fingerprint density at radius 3 is 2.50 bits per heavy atom. The van der Waals surface area contributed by atoms with Gasteiger partial charge in [-0.1, -0.05) is 29.8 Å². The van der Waals surface area contributed by atoms with E-state index in [1.54, 1.807) is 12.1 Å². The van der Waals surface area contributed by atoms with Gasteiger partial charge in [0.15, 0.2) is 0 Å². The van der Waals surface area contributed by atoms with Crippen molar-refractivity contribution in [2.75, 3.05) is 0 Å². The molecule has 1 amide bonds. The zero-order chi connectivity index (χ0) is 13.5. The lowest BCUT2D eigenvalue weighted by Gasteiger charge is -2.05. The van der Waals surface area contributed by atoms with Crippen LogP contribution >= 0.6 is 15.9 Å². The summed E-state index contributed by atoms with van der Waals surface area (Å²) in [4.78, 5) is 11.8. The van der Waals surface area contributed by atoms with Crippen molar-refractivity contribution >= 4 is 27.5 Å². The average Bonchev–Trinajstić information content (AvgIpc) is 2.34. The third kappa shape index (κ3) is 5.45. The topological polar surface area (TPSA) is 41.5 Å². The molecule has 1 aromatic carbocycles. The van der Waals surface area contributed by atoms with Gasteiger partial charge in [0.25, 0.3) is 5.91 Å². The van der Waals surface area contributed by atoms with Crippen molar-refractivity contribution in [1.82, 2.24) is 5.43 Å². The zero-order valence-electron chi connectivity index (χ0n) is 11.0. The van der Waals surface area contributed by atoms with E-state index in [-0.39, 0.29) is 5.91 Å². The standard InChI is InChI=1S/C14H19BrN2O/c1-10(2)4-5-11(3)16-17-14(18)12-6-8-13(15)9-7-12/h6-10H,4-5H2,1-3H3,(H,17,18)/b16-11-. The summed E-state index contributed by atoms with van der Waals surface area (Å²) in [6.07, 6.45) is 2.00. The highest BCUT2D eigenvalue weighted by molar-refractivity contribution is 9.10. The van der Waals surface area contributed by atoms with Crippen molar-refractivity contribution in [2.24, 2.45) is 11.0 Å². The van der Waals surface area contributed by atoms with E-state index in [1.165, 1.54) is 0 Å². The number of carbonyl (C=O) groups is 1. The van der Waals surface area contributed by atoms with Gasteiger partial charge in [0.2, 0.25) is 0 Å². The molecule has 0 heterocycles. The molecule has 0 radical (unpaired) electrons. The first-order valence-corrected chi connectivity index (χ1v) is 6.87. The monoisotopic (exact) mass is 310 g/mol. The van der Waals surface area contributed by atoms with Crippen molar-refractivity contribution < 1.29 is 4.79 Å². The molecule has 0 bridgehead atoms. The van der Waals surface area contributed by atoms with E-state index in [0.29, 0.717) is 11.5 Å². The molecule has 98 valence electrons. The SMILES string of the molecule is C/C(CCC(C)C)=N/NC(=O)c1ccc(Br)cc1. The number of amides is 1. The van der Waals surface area contributed by atoms with Gasteiger partial charge < -0.3 is 0 Å². The van der Waals surface area contributed by atoms with Gasteiger partial charge in [-0.3, -0.25) is 4.79 Å². The van der Waals surface area contributed by atoms with Crippen LogP contribution < -0.4 is 5.43 Å². The Bertz CT molecular complexity index is 424. The first kappa shape index (κ1) is 14.9. The molecule has 18 heavy (non-hydrogen) atoms. The highest BCUT2D eigenvalue weighted by Gasteiger charge is 2.04. The lowest BCUT2D eigenvalue weighted by atomic mass is 10.1. The summed E-state index contributed by atoms with van der Waals surface area (Å²) in [7, 11) is 0. The Labute approximate surface area is 117 Å². The van der Waals surface area contributed by atoms with E-state index in [4.69, 9.17) is 0 Å². The number of benzene rings is 1. The maximum absolute atomic E-state index is 11.8. The molecule has 0 unspecified atom stereocenters. The second kappa shape index (κ2) is 7.31. The van der Waals surface area contributed by atoms with E-state index in [9.17, 15) is 4.79 Å². The van der Waals surface area contributed by atoms with Crippen molar-refractivity contribution in [2.45, 2.75) is 33.6 Å². The molecule has 0 aromatic heterocycles. The molecule has 3 nitrogen and oxygen atoms in total. The van der Waals surface area contributed by atoms with E-state index in [2.05, 4.69) is 40.3 Å². The second-order valence-corrected chi connectivity index (χ2v) is 5.64. The first-order valence-electron chi connectivity index (χ1n) is 6.08. The van der Waals surface area contributed by atoms with Crippen molar-refractivity contribution in [1.29, 1.82) is 0 Å². The van der Waals surface area contributed by atoms with Gasteiger partial charge in [0.1, 0.15) is 0 Å². The van der Waals surface area contributed by atoms with Crippen LogP contribution in [0.3, 0.4) is 0 Å². The highest BCUT2D eigenvalue weighted by Crippen LogP contribution is 2.10. The molecule has 0 spiro atoms. The fourth-order valence-corrected chi connectivity index (χ4v) is 1.63. The largest absolute Gasteiger partial charge is 0.271 e. The minimum atomic E-state index is -0.175. The number of rotatable bonds is 5. The third-order valence-electron chi connectivity index (χ3n) is 2.54. The summed E-state index contributed by atoms with van der Waals surface area (Å²) in [5.41, 5.74) is 4.14. The third-order valence-corrected chi connectivity index (χ3v) is 3.07. The van der Waals surface area contributed by atoms with Gasteiger partial charge >= 0.3 is 0 Å². The van der Waals surface area contributed by atoms with Crippen LogP contribution in [0.1, 0.15) is 44.0 Å². The summed E-state index contributed by atoms with van der Waals surface area (Å²) in [5, 5.41) is 4.10. The Morgan fingerprint density at radius 1 is 1.33 bits per heavy atom. The quantitative estimate of drug-likeness (QED) is 0.648. The van der Waals surface area contributed by atoms with Crippen LogP contribution in [0, 0.1) is 5.92 Å². The van der Waals surface area contributed by atoms with Gasteiger partial charge in [0, 0.05) is 15.7 Å². The minimum absolute atomic E-state index is 0.175. The lowest BCUT2D eigenvalue weighted by Crippen LogP contribution is -2.19. The molecular weight excluding hydrogens is 292 g/mol. The maximum Gasteiger partial charge on any atom is 0.271 e. The smallest absolute Gasteiger partial charge is 0.267 e. The fraction of sp³-hybridized carbons (Fsp3) is 0.429. The lowest BCUT2D eigenvalue weighted by molar-refractivity contribution is 0.0954. The molecule has 4 heteroatoms. The second-order valence-electron chi connectivity index (χ2n) is 4.73. The molecule has 0 atom stereocenters. The van der Waals surface area contributed by atoms with Crippen LogP contribution in [-0.4, -0.2) is 11.6 Å². The highest BCUT2D eigenvalue weighted by atomic mass is 79.9. The minimum Gasteiger partial charge on any atom is -0.267 e. The van der Waals surface area contributed by atoms with Crippen LogP contribution in [0.5, 0.6) is 0 Å². The summed E-state index contributed by atoms with van der Waals surface area (Å²) in [6.45, 7) is 6.28. The van der Waals surface area contributed by atoms with Crippen molar-refractivity contribution in [3.05, 3.63) is 34.3 Å². The number of hydrogen-bond donors (Lipinski definition) is 1. The number of hydrogen-bond acceptors (Lipinski definition) is 2. The van der Waals surface area contributed by atoms with Crippen molar-refractivity contribution in [3.63, 3.8) is 0 Å². The number of hydrazone groups is 1. The predicted octanol–water partition coefficient (Wildman–Crippen LogP) is 3.99. The molecule has 1 N–H and O–H groups in total. The number of nitrogens with zero attached hydrogens (tertiary/aromatic N) is 1. The maximum atomic E-state index is 11.8. The average molecular weight is 311 g/mol. The number of carbonyl (C=O) groups excluding carboxylic acids is 1. The molecule has 0 fully saturated rings. The van der Waals surface area contributed by atoms with Gasteiger partial charge in [0.05, 0.1) is 0 Å². The van der Waals surface area contributed by atoms with Gasteiger partial charge in [-0.25, -0.2) is 5.43 Å². The Hall–Kier alpha value is -1.16. The van der Waals surface area contributed by atoms with Crippen LogP contribution in [0.2, 0.25) is 0 Å². The van der Waals surface area contributed by atoms with Crippen LogP contribution in [-0.2, 0) is 0 Å². The van der Waals surface area contributed by atoms with Gasteiger partial charge in [-0.15, -0.1) is 0 Å². The van der Waals surface area contributed by atoms with E-state index in [0.717, 1.165) is 23.0 Å². The summed E-state index contributed by atoms with van der Waals surface area (Å²) < 4.78 is 0.954. The van der Waals surface area contributed by atoms with Crippen molar-refractivity contribution in [3.8, 4) is 0 Å². The Kier molecular flexibility index (Phi) is 6.05. The normalized spacial score (nSPS) is 11.7. The van der Waals surface area contributed by atoms with Gasteiger partial charge in [-0.2, -0.15) is 5.10 Å². The molecule has 0 aliphatic rings. The molecular formula is C14H19BrN2O. The fourth-order valence-electron chi connectivity index (χ4n) is 1.37. The Balaban J connectivity index is 2.49. The number of halogens is 1. The number of nitrogens with one attached hydrogen (secondary N) is 1. The van der Waals surface area contributed by atoms with E-state index in [1.807, 2.05) is 19.1 Å². The molecule has 1 aromatic rings. The van der Waals surface area contributed by atoms with Crippen LogP contribution in [0.4, 0.5) is 0 Å². The molecule has 1 rings (SSSR count). The first-order chi connectivity index (χ1) is 8.49. The summed E-state index contributed by atoms with van der Waals surface area (Å²) in [6, 6.07) is 7.20. The molecule has 0 saturated carbocycles. The summed E-state index contributed by atoms with van der Waals surface area (Å²) in [5.74, 6) is 0.476.